The monoisotopic (exact) mass is 467 g/mol. The summed E-state index contributed by atoms with van der Waals surface area (Å²) in [5.74, 6) is -0.846. The molecule has 0 saturated heterocycles. The van der Waals surface area contributed by atoms with Crippen molar-refractivity contribution in [2.75, 3.05) is 6.79 Å². The average molecular weight is 467 g/mol. The van der Waals surface area contributed by atoms with E-state index in [1.54, 1.807) is 32.0 Å². The zero-order chi connectivity index (χ0) is 23.7. The maximum atomic E-state index is 13.2. The van der Waals surface area contributed by atoms with E-state index >= 15 is 0 Å². The molecule has 0 unspecified atom stereocenters. The molecule has 2 aromatic rings. The fraction of sp³-hybridized carbons (Fsp3) is 0.333. The number of benzene rings is 2. The predicted octanol–water partition coefficient (Wildman–Crippen LogP) is 3.12. The van der Waals surface area contributed by atoms with Crippen LogP contribution in [0.25, 0.3) is 0 Å². The Morgan fingerprint density at radius 3 is 2.38 bits per heavy atom. The number of nitrogens with one attached hydrogen (secondary N) is 1. The van der Waals surface area contributed by atoms with Gasteiger partial charge in [-0.2, -0.15) is 0 Å². The minimum Gasteiger partial charge on any atom is -0.485 e. The van der Waals surface area contributed by atoms with Gasteiger partial charge in [0, 0.05) is 16.7 Å². The first-order valence-corrected chi connectivity index (χ1v) is 11.1. The van der Waals surface area contributed by atoms with Crippen molar-refractivity contribution < 1.29 is 42.3 Å². The summed E-state index contributed by atoms with van der Waals surface area (Å²) in [7, 11) is -4.80. The summed E-state index contributed by atoms with van der Waals surface area (Å²) in [4.78, 5) is 42.7. The van der Waals surface area contributed by atoms with Gasteiger partial charge in [0.2, 0.25) is 0 Å². The van der Waals surface area contributed by atoms with Crippen LogP contribution in [0.3, 0.4) is 0 Å². The maximum Gasteiger partial charge on any atom is 0.471 e. The molecule has 0 aliphatic carbocycles. The van der Waals surface area contributed by atoms with Crippen LogP contribution in [-0.4, -0.2) is 40.0 Å². The quantitative estimate of drug-likeness (QED) is 0.322. The lowest BCUT2D eigenvalue weighted by molar-refractivity contribution is -0.141. The SMILES string of the molecule is CC(=O)c1ccc2c(c1)[C@H](NC(=O)c1ccc(F)cc1)[C@H](OCOP(=O)(O)O)C(C)(C)O2. The Hall–Kier alpha value is -2.62. The molecule has 0 saturated carbocycles. The van der Waals surface area contributed by atoms with Crippen molar-refractivity contribution in [1.29, 1.82) is 0 Å². The van der Waals surface area contributed by atoms with Gasteiger partial charge in [-0.3, -0.25) is 14.1 Å². The molecule has 1 aliphatic rings. The van der Waals surface area contributed by atoms with E-state index in [1.165, 1.54) is 19.1 Å². The van der Waals surface area contributed by atoms with Gasteiger partial charge in [0.25, 0.3) is 5.91 Å². The highest BCUT2D eigenvalue weighted by Gasteiger charge is 2.46. The summed E-state index contributed by atoms with van der Waals surface area (Å²) in [5, 5.41) is 2.80. The summed E-state index contributed by atoms with van der Waals surface area (Å²) in [6.07, 6.45) is -0.965. The van der Waals surface area contributed by atoms with Gasteiger partial charge in [-0.05, 0) is 63.2 Å². The number of ether oxygens (including phenoxy) is 2. The molecule has 1 aliphatic heterocycles. The fourth-order valence-corrected chi connectivity index (χ4v) is 3.66. The summed E-state index contributed by atoms with van der Waals surface area (Å²) in [6, 6.07) is 8.79. The Morgan fingerprint density at radius 1 is 1.16 bits per heavy atom. The Bertz CT molecular complexity index is 1070. The van der Waals surface area contributed by atoms with Crippen LogP contribution in [0.4, 0.5) is 4.39 Å². The Labute approximate surface area is 183 Å². The minimum absolute atomic E-state index is 0.185. The molecule has 172 valence electrons. The molecular weight excluding hydrogens is 444 g/mol. The van der Waals surface area contributed by atoms with E-state index in [1.807, 2.05) is 0 Å². The van der Waals surface area contributed by atoms with Crippen LogP contribution < -0.4 is 10.1 Å². The van der Waals surface area contributed by atoms with Crippen molar-refractivity contribution in [3.8, 4) is 5.75 Å². The lowest BCUT2D eigenvalue weighted by Crippen LogP contribution is -2.55. The fourth-order valence-electron chi connectivity index (χ4n) is 3.46. The van der Waals surface area contributed by atoms with Gasteiger partial charge in [-0.25, -0.2) is 8.96 Å². The first-order valence-electron chi connectivity index (χ1n) is 9.59. The molecule has 2 atom stereocenters. The molecule has 0 radical (unpaired) electrons. The number of carbonyl (C=O) groups excluding carboxylic acids is 2. The van der Waals surface area contributed by atoms with Crippen LogP contribution in [0.15, 0.2) is 42.5 Å². The zero-order valence-corrected chi connectivity index (χ0v) is 18.5. The predicted molar refractivity (Wildman–Crippen MR) is 111 cm³/mol. The Morgan fingerprint density at radius 2 is 1.78 bits per heavy atom. The second-order valence-corrected chi connectivity index (χ2v) is 9.04. The number of hydrogen-bond donors (Lipinski definition) is 3. The molecule has 3 rings (SSSR count). The van der Waals surface area contributed by atoms with E-state index in [0.717, 1.165) is 12.1 Å². The number of halogens is 1. The molecule has 0 aromatic heterocycles. The summed E-state index contributed by atoms with van der Waals surface area (Å²) in [5.41, 5.74) is -0.0684. The van der Waals surface area contributed by atoms with E-state index in [-0.39, 0.29) is 11.3 Å². The normalized spacial score (nSPS) is 19.6. The van der Waals surface area contributed by atoms with Gasteiger partial charge in [0.1, 0.15) is 23.3 Å². The largest absolute Gasteiger partial charge is 0.485 e. The second-order valence-electron chi connectivity index (χ2n) is 7.80. The van der Waals surface area contributed by atoms with Gasteiger partial charge < -0.3 is 24.6 Å². The highest BCUT2D eigenvalue weighted by Crippen LogP contribution is 2.43. The third-order valence-electron chi connectivity index (χ3n) is 4.97. The second kappa shape index (κ2) is 9.09. The number of phosphoric acid groups is 1. The van der Waals surface area contributed by atoms with Crippen LogP contribution in [0, 0.1) is 5.82 Å². The average Bonchev–Trinajstić information content (AvgIpc) is 2.68. The third-order valence-corrected chi connectivity index (χ3v) is 5.42. The van der Waals surface area contributed by atoms with Crippen molar-refractivity contribution in [3.05, 3.63) is 65.0 Å². The number of hydrogen-bond acceptors (Lipinski definition) is 6. The molecule has 3 N–H and O–H groups in total. The lowest BCUT2D eigenvalue weighted by atomic mass is 9.85. The summed E-state index contributed by atoms with van der Waals surface area (Å²) in [6.45, 7) is 3.97. The van der Waals surface area contributed by atoms with Gasteiger partial charge in [-0.1, -0.05) is 0 Å². The van der Waals surface area contributed by atoms with Gasteiger partial charge in [0.05, 0.1) is 6.04 Å². The molecule has 32 heavy (non-hydrogen) atoms. The molecule has 0 bridgehead atoms. The molecule has 11 heteroatoms. The molecule has 1 amide bonds. The van der Waals surface area contributed by atoms with E-state index in [0.29, 0.717) is 16.9 Å². The van der Waals surface area contributed by atoms with Crippen LogP contribution in [0.5, 0.6) is 5.75 Å². The minimum atomic E-state index is -4.80. The van der Waals surface area contributed by atoms with Crippen molar-refractivity contribution in [2.24, 2.45) is 0 Å². The van der Waals surface area contributed by atoms with Crippen LogP contribution in [0.2, 0.25) is 0 Å². The molecule has 0 spiro atoms. The number of fused-ring (bicyclic) bond motifs is 1. The Balaban J connectivity index is 1.99. The maximum absolute atomic E-state index is 13.2. The molecule has 1 heterocycles. The number of amides is 1. The summed E-state index contributed by atoms with van der Waals surface area (Å²) >= 11 is 0. The number of Topliss-reactive ketones (excluding diaryl/α,β-unsaturated/α-hetero) is 1. The van der Waals surface area contributed by atoms with Crippen LogP contribution in [0.1, 0.15) is 53.1 Å². The number of phosphoric ester groups is 1. The van der Waals surface area contributed by atoms with E-state index < -0.39 is 44.1 Å². The number of rotatable bonds is 7. The van der Waals surface area contributed by atoms with Gasteiger partial charge >= 0.3 is 7.82 Å². The standard InChI is InChI=1S/C21H23FNO8P/c1-12(24)14-6-9-17-16(10-14)18(23-20(25)13-4-7-15(22)8-5-13)19(21(2,3)31-17)29-11-30-32(26,27)28/h4-10,18-19H,11H2,1-3H3,(H,23,25)(H2,26,27,28)/t18-,19-/m0/s1. The molecular formula is C21H23FNO8P. The van der Waals surface area contributed by atoms with Gasteiger partial charge in [-0.15, -0.1) is 0 Å². The van der Waals surface area contributed by atoms with Gasteiger partial charge in [0.15, 0.2) is 12.6 Å². The first kappa shape index (κ1) is 24.0. The third kappa shape index (κ3) is 5.59. The van der Waals surface area contributed by atoms with Crippen molar-refractivity contribution in [1.82, 2.24) is 5.32 Å². The van der Waals surface area contributed by atoms with E-state index in [9.17, 15) is 18.5 Å². The Kier molecular flexibility index (Phi) is 6.83. The van der Waals surface area contributed by atoms with Crippen LogP contribution >= 0.6 is 7.82 Å². The number of carbonyl (C=O) groups is 2. The van der Waals surface area contributed by atoms with Crippen LogP contribution in [-0.2, 0) is 13.8 Å². The lowest BCUT2D eigenvalue weighted by Gasteiger charge is -2.44. The molecule has 2 aromatic carbocycles. The zero-order valence-electron chi connectivity index (χ0n) is 17.6. The topological polar surface area (TPSA) is 131 Å². The summed E-state index contributed by atoms with van der Waals surface area (Å²) < 4.78 is 40.3. The van der Waals surface area contributed by atoms with E-state index in [4.69, 9.17) is 19.3 Å². The van der Waals surface area contributed by atoms with Crippen molar-refractivity contribution >= 4 is 19.5 Å². The van der Waals surface area contributed by atoms with E-state index in [2.05, 4.69) is 9.84 Å². The number of ketones is 1. The smallest absolute Gasteiger partial charge is 0.471 e. The van der Waals surface area contributed by atoms with Crippen molar-refractivity contribution in [2.45, 2.75) is 38.5 Å². The highest BCUT2D eigenvalue weighted by atomic mass is 31.2. The molecule has 0 fully saturated rings. The first-order chi connectivity index (χ1) is 14.9. The highest BCUT2D eigenvalue weighted by molar-refractivity contribution is 7.46. The van der Waals surface area contributed by atoms with Crippen molar-refractivity contribution in [3.63, 3.8) is 0 Å². The molecule has 9 nitrogen and oxygen atoms in total.